The third-order valence-electron chi connectivity index (χ3n) is 3.28. The first-order chi connectivity index (χ1) is 9.69. The van der Waals surface area contributed by atoms with Gasteiger partial charge in [0.25, 0.3) is 0 Å². The number of likely N-dealkylation sites (N-methyl/N-ethyl adjacent to an activating group) is 1. The van der Waals surface area contributed by atoms with Crippen LogP contribution in [0, 0.1) is 0 Å². The van der Waals surface area contributed by atoms with Gasteiger partial charge in [0.1, 0.15) is 5.75 Å². The van der Waals surface area contributed by atoms with Gasteiger partial charge in [0.2, 0.25) is 0 Å². The van der Waals surface area contributed by atoms with Gasteiger partial charge in [0, 0.05) is 19.6 Å². The van der Waals surface area contributed by atoms with Crippen molar-refractivity contribution < 1.29 is 9.84 Å². The van der Waals surface area contributed by atoms with Gasteiger partial charge in [0.15, 0.2) is 0 Å². The van der Waals surface area contributed by atoms with Crippen LogP contribution in [-0.4, -0.2) is 48.9 Å². The Hall–Kier alpha value is -1.10. The van der Waals surface area contributed by atoms with E-state index in [2.05, 4.69) is 30.1 Å². The molecule has 2 N–H and O–H groups in total. The van der Waals surface area contributed by atoms with Gasteiger partial charge in [-0.1, -0.05) is 26.0 Å². The van der Waals surface area contributed by atoms with Gasteiger partial charge in [-0.15, -0.1) is 0 Å². The number of hydrogen-bond acceptors (Lipinski definition) is 4. The maximum atomic E-state index is 9.97. The zero-order valence-corrected chi connectivity index (χ0v) is 12.9. The fourth-order valence-electron chi connectivity index (χ4n) is 2.14. The summed E-state index contributed by atoms with van der Waals surface area (Å²) in [5.41, 5.74) is 1.17. The van der Waals surface area contributed by atoms with Gasteiger partial charge < -0.3 is 20.1 Å². The van der Waals surface area contributed by atoms with E-state index in [-0.39, 0.29) is 6.10 Å². The van der Waals surface area contributed by atoms with Crippen molar-refractivity contribution in [2.24, 2.45) is 0 Å². The molecule has 0 amide bonds. The second kappa shape index (κ2) is 9.75. The Morgan fingerprint density at radius 2 is 2.00 bits per heavy atom. The maximum Gasteiger partial charge on any atom is 0.119 e. The van der Waals surface area contributed by atoms with E-state index in [1.165, 1.54) is 5.56 Å². The van der Waals surface area contributed by atoms with Crippen molar-refractivity contribution in [3.63, 3.8) is 0 Å². The molecule has 0 aliphatic heterocycles. The normalized spacial score (nSPS) is 12.7. The molecule has 1 aromatic carbocycles. The van der Waals surface area contributed by atoms with Crippen LogP contribution in [0.2, 0.25) is 0 Å². The van der Waals surface area contributed by atoms with Gasteiger partial charge in [0.05, 0.1) is 12.7 Å². The van der Waals surface area contributed by atoms with Crippen LogP contribution >= 0.6 is 0 Å². The Morgan fingerprint density at radius 1 is 1.25 bits per heavy atom. The first-order valence-corrected chi connectivity index (χ1v) is 7.52. The van der Waals surface area contributed by atoms with Crippen LogP contribution in [0.3, 0.4) is 0 Å². The third kappa shape index (κ3) is 6.37. The average molecular weight is 280 g/mol. The van der Waals surface area contributed by atoms with E-state index >= 15 is 0 Å². The van der Waals surface area contributed by atoms with Crippen LogP contribution < -0.4 is 10.1 Å². The van der Waals surface area contributed by atoms with Gasteiger partial charge in [-0.2, -0.15) is 0 Å². The number of nitrogens with one attached hydrogen (secondary N) is 1. The molecule has 0 bridgehead atoms. The van der Waals surface area contributed by atoms with Crippen molar-refractivity contribution >= 4 is 0 Å². The first kappa shape index (κ1) is 17.0. The average Bonchev–Trinajstić information content (AvgIpc) is 2.45. The second-order valence-corrected chi connectivity index (χ2v) is 4.85. The van der Waals surface area contributed by atoms with Crippen LogP contribution in [0.15, 0.2) is 24.3 Å². The highest BCUT2D eigenvalue weighted by Crippen LogP contribution is 2.12. The second-order valence-electron chi connectivity index (χ2n) is 4.85. The summed E-state index contributed by atoms with van der Waals surface area (Å²) < 4.78 is 5.47. The number of aliphatic hydroxyl groups is 1. The minimum atomic E-state index is -0.329. The summed E-state index contributed by atoms with van der Waals surface area (Å²) in [7, 11) is 0. The molecule has 0 saturated heterocycles. The highest BCUT2D eigenvalue weighted by atomic mass is 16.5. The minimum absolute atomic E-state index is 0.329. The molecule has 4 nitrogen and oxygen atoms in total. The molecule has 0 spiro atoms. The van der Waals surface area contributed by atoms with E-state index in [9.17, 15) is 5.11 Å². The molecular weight excluding hydrogens is 252 g/mol. The topological polar surface area (TPSA) is 44.7 Å². The number of rotatable bonds is 10. The van der Waals surface area contributed by atoms with Crippen molar-refractivity contribution in [2.45, 2.75) is 33.4 Å². The lowest BCUT2D eigenvalue weighted by Crippen LogP contribution is -2.38. The molecule has 1 aromatic rings. The maximum absolute atomic E-state index is 9.97. The van der Waals surface area contributed by atoms with E-state index < -0.39 is 0 Å². The molecule has 4 heteroatoms. The number of aliphatic hydroxyl groups excluding tert-OH is 1. The van der Waals surface area contributed by atoms with E-state index in [0.29, 0.717) is 13.2 Å². The summed E-state index contributed by atoms with van der Waals surface area (Å²) in [4.78, 5) is 2.22. The fraction of sp³-hybridized carbons (Fsp3) is 0.625. The van der Waals surface area contributed by atoms with Gasteiger partial charge in [-0.3, -0.25) is 0 Å². The van der Waals surface area contributed by atoms with Gasteiger partial charge in [-0.05, 0) is 37.7 Å². The monoisotopic (exact) mass is 280 g/mol. The molecule has 20 heavy (non-hydrogen) atoms. The summed E-state index contributed by atoms with van der Waals surface area (Å²) in [5, 5.41) is 13.3. The van der Waals surface area contributed by atoms with Gasteiger partial charge in [-0.25, -0.2) is 0 Å². The highest BCUT2D eigenvalue weighted by Gasteiger charge is 2.08. The smallest absolute Gasteiger partial charge is 0.119 e. The molecule has 1 rings (SSSR count). The zero-order chi connectivity index (χ0) is 14.8. The van der Waals surface area contributed by atoms with E-state index in [0.717, 1.165) is 31.9 Å². The van der Waals surface area contributed by atoms with Crippen molar-refractivity contribution in [3.8, 4) is 5.75 Å². The Morgan fingerprint density at radius 3 is 2.65 bits per heavy atom. The van der Waals surface area contributed by atoms with Gasteiger partial charge >= 0.3 is 0 Å². The van der Waals surface area contributed by atoms with Crippen molar-refractivity contribution in [1.82, 2.24) is 10.2 Å². The Balaban J connectivity index is 2.31. The molecule has 114 valence electrons. The van der Waals surface area contributed by atoms with Crippen molar-refractivity contribution in [3.05, 3.63) is 29.8 Å². The molecular formula is C16H28N2O2. The fourth-order valence-corrected chi connectivity index (χ4v) is 2.14. The Labute approximate surface area is 122 Å². The van der Waals surface area contributed by atoms with E-state index in [4.69, 9.17) is 4.74 Å². The molecule has 0 aromatic heterocycles. The standard InChI is InChI=1S/C16H28N2O2/c1-4-18(5-2)13-15(19)12-17-11-14-8-7-9-16(10-14)20-6-3/h7-10,15,17,19H,4-6,11-13H2,1-3H3. The minimum Gasteiger partial charge on any atom is -0.494 e. The summed E-state index contributed by atoms with van der Waals surface area (Å²) in [6.07, 6.45) is -0.329. The molecule has 0 radical (unpaired) electrons. The molecule has 0 heterocycles. The summed E-state index contributed by atoms with van der Waals surface area (Å²) in [6, 6.07) is 8.05. The van der Waals surface area contributed by atoms with Crippen molar-refractivity contribution in [2.75, 3.05) is 32.8 Å². The largest absolute Gasteiger partial charge is 0.494 e. The van der Waals surface area contributed by atoms with Crippen LogP contribution in [-0.2, 0) is 6.54 Å². The first-order valence-electron chi connectivity index (χ1n) is 7.52. The molecule has 0 aliphatic rings. The molecule has 0 saturated carbocycles. The molecule has 1 unspecified atom stereocenters. The van der Waals surface area contributed by atoms with Crippen LogP contribution in [0.1, 0.15) is 26.3 Å². The summed E-state index contributed by atoms with van der Waals surface area (Å²) >= 11 is 0. The number of nitrogens with zero attached hydrogens (tertiary/aromatic N) is 1. The Bertz CT molecular complexity index is 367. The lowest BCUT2D eigenvalue weighted by Gasteiger charge is -2.22. The lowest BCUT2D eigenvalue weighted by atomic mass is 10.2. The number of ether oxygens (including phenoxy) is 1. The quantitative estimate of drug-likeness (QED) is 0.687. The van der Waals surface area contributed by atoms with E-state index in [1.54, 1.807) is 0 Å². The summed E-state index contributed by atoms with van der Waals surface area (Å²) in [6.45, 7) is 10.9. The zero-order valence-electron chi connectivity index (χ0n) is 12.9. The highest BCUT2D eigenvalue weighted by molar-refractivity contribution is 5.28. The predicted octanol–water partition coefficient (Wildman–Crippen LogP) is 1.88. The molecule has 0 fully saturated rings. The molecule has 1 atom stereocenters. The predicted molar refractivity (Wildman–Crippen MR) is 83.1 cm³/mol. The van der Waals surface area contributed by atoms with Crippen LogP contribution in [0.25, 0.3) is 0 Å². The SMILES string of the molecule is CCOc1cccc(CNCC(O)CN(CC)CC)c1. The molecule has 0 aliphatic carbocycles. The van der Waals surface area contributed by atoms with Crippen LogP contribution in [0.4, 0.5) is 0 Å². The van der Waals surface area contributed by atoms with Crippen molar-refractivity contribution in [1.29, 1.82) is 0 Å². The number of hydrogen-bond donors (Lipinski definition) is 2. The summed E-state index contributed by atoms with van der Waals surface area (Å²) in [5.74, 6) is 0.899. The Kier molecular flexibility index (Phi) is 8.26. The lowest BCUT2D eigenvalue weighted by molar-refractivity contribution is 0.116. The third-order valence-corrected chi connectivity index (χ3v) is 3.28. The number of benzene rings is 1. The van der Waals surface area contributed by atoms with E-state index in [1.807, 2.05) is 25.1 Å². The van der Waals surface area contributed by atoms with Crippen LogP contribution in [0.5, 0.6) is 5.75 Å².